The van der Waals surface area contributed by atoms with E-state index in [-0.39, 0.29) is 0 Å². The summed E-state index contributed by atoms with van der Waals surface area (Å²) in [5.41, 5.74) is 0. The Labute approximate surface area is 77.5 Å². The zero-order valence-corrected chi connectivity index (χ0v) is 9.26. The van der Waals surface area contributed by atoms with Gasteiger partial charge in [0.25, 0.3) is 0 Å². The predicted octanol–water partition coefficient (Wildman–Crippen LogP) is 3.34. The van der Waals surface area contributed by atoms with Crippen molar-refractivity contribution < 1.29 is 4.74 Å². The highest BCUT2D eigenvalue weighted by Crippen LogP contribution is 2.13. The Morgan fingerprint density at radius 1 is 1.00 bits per heavy atom. The molecule has 0 amide bonds. The fourth-order valence-corrected chi connectivity index (χ4v) is 0.922. The van der Waals surface area contributed by atoms with Gasteiger partial charge in [-0.05, 0) is 24.2 Å². The summed E-state index contributed by atoms with van der Waals surface area (Å²) in [5, 5.41) is 0. The molecule has 1 nitrogen and oxygen atoms in total. The van der Waals surface area contributed by atoms with Crippen molar-refractivity contribution in [1.29, 1.82) is 0 Å². The van der Waals surface area contributed by atoms with E-state index in [0.29, 0.717) is 5.92 Å². The lowest BCUT2D eigenvalue weighted by Gasteiger charge is -2.15. The van der Waals surface area contributed by atoms with Crippen molar-refractivity contribution >= 4 is 0 Å². The molecule has 12 heavy (non-hydrogen) atoms. The van der Waals surface area contributed by atoms with Crippen LogP contribution in [0.2, 0.25) is 0 Å². The lowest BCUT2D eigenvalue weighted by molar-refractivity contribution is 0.0947. The second kappa shape index (κ2) is 6.47. The van der Waals surface area contributed by atoms with Gasteiger partial charge >= 0.3 is 0 Å². The number of hydrogen-bond acceptors (Lipinski definition) is 1. The van der Waals surface area contributed by atoms with Crippen molar-refractivity contribution in [3.05, 3.63) is 0 Å². The van der Waals surface area contributed by atoms with Gasteiger partial charge < -0.3 is 4.74 Å². The first-order valence-corrected chi connectivity index (χ1v) is 5.11. The summed E-state index contributed by atoms with van der Waals surface area (Å²) in [6.45, 7) is 13.0. The maximum Gasteiger partial charge on any atom is 0.0488 e. The molecule has 0 fully saturated rings. The second-order valence-corrected chi connectivity index (χ2v) is 4.48. The van der Waals surface area contributed by atoms with E-state index in [1.54, 1.807) is 0 Å². The molecular weight excluding hydrogens is 148 g/mol. The molecule has 1 unspecified atom stereocenters. The quantitative estimate of drug-likeness (QED) is 0.558. The van der Waals surface area contributed by atoms with Crippen LogP contribution >= 0.6 is 0 Å². The Hall–Kier alpha value is -0.0400. The summed E-state index contributed by atoms with van der Waals surface area (Å²) in [6.07, 6.45) is 1.20. The van der Waals surface area contributed by atoms with Crippen LogP contribution in [0.1, 0.15) is 41.0 Å². The van der Waals surface area contributed by atoms with Crippen molar-refractivity contribution in [3.63, 3.8) is 0 Å². The van der Waals surface area contributed by atoms with E-state index in [4.69, 9.17) is 4.74 Å². The summed E-state index contributed by atoms with van der Waals surface area (Å²) in [4.78, 5) is 0. The summed E-state index contributed by atoms with van der Waals surface area (Å²) >= 11 is 0. The van der Waals surface area contributed by atoms with Gasteiger partial charge in [0.15, 0.2) is 0 Å². The molecule has 74 valence electrons. The van der Waals surface area contributed by atoms with Gasteiger partial charge in [0, 0.05) is 13.2 Å². The van der Waals surface area contributed by atoms with E-state index >= 15 is 0 Å². The normalized spacial score (nSPS) is 14.2. The van der Waals surface area contributed by atoms with Gasteiger partial charge in [0.05, 0.1) is 0 Å². The maximum atomic E-state index is 5.52. The van der Waals surface area contributed by atoms with Crippen molar-refractivity contribution in [2.24, 2.45) is 17.8 Å². The highest BCUT2D eigenvalue weighted by Gasteiger charge is 2.06. The molecule has 0 aromatic heterocycles. The van der Waals surface area contributed by atoms with Gasteiger partial charge in [0.2, 0.25) is 0 Å². The predicted molar refractivity (Wildman–Crippen MR) is 54.3 cm³/mol. The summed E-state index contributed by atoms with van der Waals surface area (Å²) in [7, 11) is 0. The number of hydrogen-bond donors (Lipinski definition) is 0. The van der Waals surface area contributed by atoms with Crippen molar-refractivity contribution in [3.8, 4) is 0 Å². The molecule has 0 N–H and O–H groups in total. The highest BCUT2D eigenvalue weighted by molar-refractivity contribution is 4.56. The Bertz CT molecular complexity index is 97.2. The Balaban J connectivity index is 3.20. The Kier molecular flexibility index (Phi) is 6.45. The molecule has 0 heterocycles. The molecule has 0 aliphatic carbocycles. The first-order chi connectivity index (χ1) is 5.54. The molecular formula is C11H24O. The fourth-order valence-electron chi connectivity index (χ4n) is 0.922. The molecule has 0 aromatic rings. The lowest BCUT2D eigenvalue weighted by Crippen LogP contribution is -2.10. The minimum atomic E-state index is 0.666. The van der Waals surface area contributed by atoms with Crippen LogP contribution in [0.25, 0.3) is 0 Å². The molecule has 0 aliphatic rings. The van der Waals surface area contributed by atoms with E-state index in [9.17, 15) is 0 Å². The first kappa shape index (κ1) is 12.0. The molecule has 0 aromatic carbocycles. The zero-order valence-electron chi connectivity index (χ0n) is 9.26. The first-order valence-electron chi connectivity index (χ1n) is 5.11. The third-order valence-corrected chi connectivity index (χ3v) is 2.31. The van der Waals surface area contributed by atoms with E-state index in [2.05, 4.69) is 34.6 Å². The van der Waals surface area contributed by atoms with Crippen LogP contribution < -0.4 is 0 Å². The molecule has 0 saturated heterocycles. The van der Waals surface area contributed by atoms with Crippen molar-refractivity contribution in [2.75, 3.05) is 13.2 Å². The van der Waals surface area contributed by atoms with Crippen LogP contribution in [0, 0.1) is 17.8 Å². The Morgan fingerprint density at radius 3 is 2.00 bits per heavy atom. The second-order valence-electron chi connectivity index (χ2n) is 4.48. The molecule has 0 spiro atoms. The monoisotopic (exact) mass is 172 g/mol. The summed E-state index contributed by atoms with van der Waals surface area (Å²) in [5.74, 6) is 2.24. The zero-order chi connectivity index (χ0) is 9.56. The maximum absolute atomic E-state index is 5.52. The minimum Gasteiger partial charge on any atom is -0.381 e. The number of rotatable bonds is 6. The minimum absolute atomic E-state index is 0.666. The number of ether oxygens (including phenoxy) is 1. The van der Waals surface area contributed by atoms with Crippen LogP contribution in [0.4, 0.5) is 0 Å². The fraction of sp³-hybridized carbons (Fsp3) is 1.00. The standard InChI is InChI=1S/C11H24O/c1-9(2)8-12-7-6-11(5)10(3)4/h9-11H,6-8H2,1-5H3. The molecule has 0 saturated carbocycles. The van der Waals surface area contributed by atoms with Crippen LogP contribution in [-0.4, -0.2) is 13.2 Å². The third-order valence-electron chi connectivity index (χ3n) is 2.31. The van der Waals surface area contributed by atoms with E-state index in [1.807, 2.05) is 0 Å². The largest absolute Gasteiger partial charge is 0.381 e. The van der Waals surface area contributed by atoms with Crippen molar-refractivity contribution in [1.82, 2.24) is 0 Å². The van der Waals surface area contributed by atoms with E-state index < -0.39 is 0 Å². The Morgan fingerprint density at radius 2 is 1.58 bits per heavy atom. The van der Waals surface area contributed by atoms with Crippen LogP contribution in [0.3, 0.4) is 0 Å². The van der Waals surface area contributed by atoms with Crippen LogP contribution in [0.15, 0.2) is 0 Å². The van der Waals surface area contributed by atoms with E-state index in [0.717, 1.165) is 25.0 Å². The van der Waals surface area contributed by atoms with Gasteiger partial charge in [-0.15, -0.1) is 0 Å². The smallest absolute Gasteiger partial charge is 0.0488 e. The van der Waals surface area contributed by atoms with Gasteiger partial charge in [-0.2, -0.15) is 0 Å². The SMILES string of the molecule is CC(C)COCCC(C)C(C)C. The third kappa shape index (κ3) is 6.66. The average molecular weight is 172 g/mol. The molecule has 0 bridgehead atoms. The van der Waals surface area contributed by atoms with Crippen LogP contribution in [0.5, 0.6) is 0 Å². The summed E-state index contributed by atoms with van der Waals surface area (Å²) < 4.78 is 5.52. The summed E-state index contributed by atoms with van der Waals surface area (Å²) in [6, 6.07) is 0. The van der Waals surface area contributed by atoms with Gasteiger partial charge in [0.1, 0.15) is 0 Å². The molecule has 0 aliphatic heterocycles. The molecule has 1 heteroatoms. The lowest BCUT2D eigenvalue weighted by atomic mass is 9.95. The van der Waals surface area contributed by atoms with Crippen molar-refractivity contribution in [2.45, 2.75) is 41.0 Å². The van der Waals surface area contributed by atoms with Crippen LogP contribution in [-0.2, 0) is 4.74 Å². The van der Waals surface area contributed by atoms with Gasteiger partial charge in [-0.25, -0.2) is 0 Å². The molecule has 0 rings (SSSR count). The van der Waals surface area contributed by atoms with Gasteiger partial charge in [-0.1, -0.05) is 34.6 Å². The molecule has 0 radical (unpaired) electrons. The van der Waals surface area contributed by atoms with Gasteiger partial charge in [-0.3, -0.25) is 0 Å². The highest BCUT2D eigenvalue weighted by atomic mass is 16.5. The topological polar surface area (TPSA) is 9.23 Å². The molecule has 1 atom stereocenters. The van der Waals surface area contributed by atoms with E-state index in [1.165, 1.54) is 6.42 Å². The average Bonchev–Trinajstić information content (AvgIpc) is 1.97.